The number of nitrogens with two attached hydrogens (primary N) is 1. The summed E-state index contributed by atoms with van der Waals surface area (Å²) in [5, 5.41) is 12.2. The van der Waals surface area contributed by atoms with Crippen molar-refractivity contribution in [3.8, 4) is 0 Å². The normalized spacial score (nSPS) is 12.4. The van der Waals surface area contributed by atoms with E-state index in [0.29, 0.717) is 12.1 Å². The second-order valence-electron chi connectivity index (χ2n) is 3.73. The van der Waals surface area contributed by atoms with Crippen LogP contribution in [0.25, 0.3) is 0 Å². The topological polar surface area (TPSA) is 75.3 Å². The van der Waals surface area contributed by atoms with Crippen LogP contribution in [0.5, 0.6) is 0 Å². The number of carbonyl (C=O) groups excluding carboxylic acids is 1. The standard InChI is InChI=1S/C12H18N2O2/c1-2-11(8-15)14-7-9-3-5-10(6-4-9)12(13)16/h3-6,11,14-15H,2,7-8H2,1H3,(H2,13,16)/t11-/m0/s1. The molecule has 0 bridgehead atoms. The maximum Gasteiger partial charge on any atom is 0.248 e. The van der Waals surface area contributed by atoms with Crippen LogP contribution in [-0.4, -0.2) is 23.7 Å². The number of aliphatic hydroxyl groups is 1. The van der Waals surface area contributed by atoms with E-state index in [1.54, 1.807) is 12.1 Å². The van der Waals surface area contributed by atoms with Crippen molar-refractivity contribution in [3.63, 3.8) is 0 Å². The molecule has 4 heteroatoms. The minimum absolute atomic E-state index is 0.121. The maximum absolute atomic E-state index is 10.8. The first-order valence-corrected chi connectivity index (χ1v) is 5.40. The van der Waals surface area contributed by atoms with Gasteiger partial charge in [0.15, 0.2) is 0 Å². The fourth-order valence-electron chi connectivity index (χ4n) is 1.39. The lowest BCUT2D eigenvalue weighted by atomic mass is 10.1. The zero-order valence-electron chi connectivity index (χ0n) is 9.44. The van der Waals surface area contributed by atoms with Gasteiger partial charge in [-0.1, -0.05) is 19.1 Å². The van der Waals surface area contributed by atoms with Crippen LogP contribution < -0.4 is 11.1 Å². The Hall–Kier alpha value is -1.39. The second-order valence-corrected chi connectivity index (χ2v) is 3.73. The van der Waals surface area contributed by atoms with E-state index in [1.807, 2.05) is 19.1 Å². The molecule has 0 unspecified atom stereocenters. The Morgan fingerprint density at radius 2 is 2.06 bits per heavy atom. The molecular formula is C12H18N2O2. The molecule has 0 saturated heterocycles. The summed E-state index contributed by atoms with van der Waals surface area (Å²) in [6.45, 7) is 2.83. The van der Waals surface area contributed by atoms with Gasteiger partial charge in [-0.15, -0.1) is 0 Å². The summed E-state index contributed by atoms with van der Waals surface area (Å²) in [6.07, 6.45) is 0.885. The monoisotopic (exact) mass is 222 g/mol. The van der Waals surface area contributed by atoms with Gasteiger partial charge in [-0.25, -0.2) is 0 Å². The van der Waals surface area contributed by atoms with Crippen LogP contribution >= 0.6 is 0 Å². The van der Waals surface area contributed by atoms with E-state index < -0.39 is 5.91 Å². The van der Waals surface area contributed by atoms with Crippen LogP contribution in [0.4, 0.5) is 0 Å². The Morgan fingerprint density at radius 1 is 1.44 bits per heavy atom. The van der Waals surface area contributed by atoms with Gasteiger partial charge in [0.2, 0.25) is 5.91 Å². The molecular weight excluding hydrogens is 204 g/mol. The number of primary amides is 1. The highest BCUT2D eigenvalue weighted by molar-refractivity contribution is 5.92. The first kappa shape index (κ1) is 12.7. The molecule has 1 rings (SSSR count). The minimum Gasteiger partial charge on any atom is -0.395 e. The fourth-order valence-corrected chi connectivity index (χ4v) is 1.39. The molecule has 0 radical (unpaired) electrons. The molecule has 0 saturated carbocycles. The molecule has 1 amide bonds. The van der Waals surface area contributed by atoms with E-state index in [2.05, 4.69) is 5.32 Å². The highest BCUT2D eigenvalue weighted by Crippen LogP contribution is 2.04. The smallest absolute Gasteiger partial charge is 0.248 e. The first-order chi connectivity index (χ1) is 7.67. The number of hydrogen-bond donors (Lipinski definition) is 3. The number of rotatable bonds is 6. The molecule has 1 aromatic rings. The van der Waals surface area contributed by atoms with Gasteiger partial charge in [0.05, 0.1) is 6.61 Å². The van der Waals surface area contributed by atoms with Gasteiger partial charge in [-0.3, -0.25) is 4.79 Å². The first-order valence-electron chi connectivity index (χ1n) is 5.40. The third-order valence-corrected chi connectivity index (χ3v) is 2.55. The van der Waals surface area contributed by atoms with Gasteiger partial charge in [0, 0.05) is 18.2 Å². The van der Waals surface area contributed by atoms with Gasteiger partial charge in [-0.2, -0.15) is 0 Å². The molecule has 0 fully saturated rings. The van der Waals surface area contributed by atoms with Crippen molar-refractivity contribution in [2.24, 2.45) is 5.73 Å². The predicted octanol–water partition coefficient (Wildman–Crippen LogP) is 0.646. The van der Waals surface area contributed by atoms with Gasteiger partial charge >= 0.3 is 0 Å². The Labute approximate surface area is 95.5 Å². The van der Waals surface area contributed by atoms with E-state index in [9.17, 15) is 4.79 Å². The van der Waals surface area contributed by atoms with Crippen molar-refractivity contribution in [2.45, 2.75) is 25.9 Å². The highest BCUT2D eigenvalue weighted by Gasteiger charge is 2.04. The summed E-state index contributed by atoms with van der Waals surface area (Å²) in [6, 6.07) is 7.25. The van der Waals surface area contributed by atoms with Crippen molar-refractivity contribution in [1.82, 2.24) is 5.32 Å². The van der Waals surface area contributed by atoms with Crippen LogP contribution in [0.1, 0.15) is 29.3 Å². The van der Waals surface area contributed by atoms with Crippen LogP contribution in [0.3, 0.4) is 0 Å². The quantitative estimate of drug-likeness (QED) is 0.661. The lowest BCUT2D eigenvalue weighted by Crippen LogP contribution is -2.31. The predicted molar refractivity (Wildman–Crippen MR) is 63.0 cm³/mol. The number of benzene rings is 1. The van der Waals surface area contributed by atoms with E-state index in [0.717, 1.165) is 12.0 Å². The van der Waals surface area contributed by atoms with Gasteiger partial charge in [0.25, 0.3) is 0 Å². The Bertz CT molecular complexity index is 331. The summed E-state index contributed by atoms with van der Waals surface area (Å²) in [7, 11) is 0. The molecule has 1 aromatic carbocycles. The SMILES string of the molecule is CC[C@@H](CO)NCc1ccc(C(N)=O)cc1. The third-order valence-electron chi connectivity index (χ3n) is 2.55. The van der Waals surface area contributed by atoms with Crippen molar-refractivity contribution in [1.29, 1.82) is 0 Å². The van der Waals surface area contributed by atoms with Gasteiger partial charge in [0.1, 0.15) is 0 Å². The molecule has 4 nitrogen and oxygen atoms in total. The number of nitrogens with one attached hydrogen (secondary N) is 1. The zero-order chi connectivity index (χ0) is 12.0. The molecule has 0 aliphatic rings. The number of hydrogen-bond acceptors (Lipinski definition) is 3. The Morgan fingerprint density at radius 3 is 2.50 bits per heavy atom. The second kappa shape index (κ2) is 6.25. The molecule has 0 aliphatic carbocycles. The van der Waals surface area contributed by atoms with Crippen LogP contribution in [0, 0.1) is 0 Å². The zero-order valence-corrected chi connectivity index (χ0v) is 9.44. The fraction of sp³-hybridized carbons (Fsp3) is 0.417. The van der Waals surface area contributed by atoms with Crippen LogP contribution in [0.15, 0.2) is 24.3 Å². The number of amides is 1. The Kier molecular flexibility index (Phi) is 4.95. The molecule has 0 aliphatic heterocycles. The largest absolute Gasteiger partial charge is 0.395 e. The summed E-state index contributed by atoms with van der Waals surface area (Å²) in [4.78, 5) is 10.8. The summed E-state index contributed by atoms with van der Waals surface area (Å²) < 4.78 is 0. The van der Waals surface area contributed by atoms with Crippen LogP contribution in [-0.2, 0) is 6.54 Å². The van der Waals surface area contributed by atoms with E-state index in [1.165, 1.54) is 0 Å². The number of carbonyl (C=O) groups is 1. The van der Waals surface area contributed by atoms with Crippen molar-refractivity contribution in [3.05, 3.63) is 35.4 Å². The van der Waals surface area contributed by atoms with E-state index in [-0.39, 0.29) is 12.6 Å². The minimum atomic E-state index is -0.415. The van der Waals surface area contributed by atoms with Crippen molar-refractivity contribution < 1.29 is 9.90 Å². The maximum atomic E-state index is 10.8. The molecule has 0 heterocycles. The lowest BCUT2D eigenvalue weighted by Gasteiger charge is -2.13. The average molecular weight is 222 g/mol. The summed E-state index contributed by atoms with van der Waals surface area (Å²) in [5.74, 6) is -0.415. The summed E-state index contributed by atoms with van der Waals surface area (Å²) in [5.41, 5.74) is 6.72. The van der Waals surface area contributed by atoms with Crippen molar-refractivity contribution in [2.75, 3.05) is 6.61 Å². The number of aliphatic hydroxyl groups excluding tert-OH is 1. The van der Waals surface area contributed by atoms with Crippen LogP contribution in [0.2, 0.25) is 0 Å². The highest BCUT2D eigenvalue weighted by atomic mass is 16.3. The third kappa shape index (κ3) is 3.64. The molecule has 4 N–H and O–H groups in total. The molecule has 1 atom stereocenters. The van der Waals surface area contributed by atoms with E-state index >= 15 is 0 Å². The van der Waals surface area contributed by atoms with Gasteiger partial charge < -0.3 is 16.2 Å². The molecule has 0 aromatic heterocycles. The Balaban J connectivity index is 2.52. The van der Waals surface area contributed by atoms with Crippen molar-refractivity contribution >= 4 is 5.91 Å². The lowest BCUT2D eigenvalue weighted by molar-refractivity contribution is 0.100. The molecule has 16 heavy (non-hydrogen) atoms. The molecule has 0 spiro atoms. The van der Waals surface area contributed by atoms with E-state index in [4.69, 9.17) is 10.8 Å². The summed E-state index contributed by atoms with van der Waals surface area (Å²) >= 11 is 0. The molecule has 88 valence electrons. The van der Waals surface area contributed by atoms with Gasteiger partial charge in [-0.05, 0) is 24.1 Å². The average Bonchev–Trinajstić information content (AvgIpc) is 2.31.